The number of likely N-dealkylation sites (N-methyl/N-ethyl adjacent to an activating group) is 1. The summed E-state index contributed by atoms with van der Waals surface area (Å²) in [4.78, 5) is 36.6. The zero-order chi connectivity index (χ0) is 18.1. The number of rotatable bonds is 7. The third kappa shape index (κ3) is 5.59. The number of carbonyl (C=O) groups is 3. The highest BCUT2D eigenvalue weighted by molar-refractivity contribution is 7.98. The first kappa shape index (κ1) is 19.5. The molecule has 0 spiro atoms. The highest BCUT2D eigenvalue weighted by Crippen LogP contribution is 2.10. The molecule has 7 nitrogen and oxygen atoms in total. The summed E-state index contributed by atoms with van der Waals surface area (Å²) >= 11 is 1.40. The minimum Gasteiger partial charge on any atom is -0.339 e. The van der Waals surface area contributed by atoms with Gasteiger partial charge in [-0.15, -0.1) is 0 Å². The van der Waals surface area contributed by atoms with Crippen LogP contribution in [0.15, 0.2) is 24.3 Å². The molecule has 0 fully saturated rings. The van der Waals surface area contributed by atoms with Crippen molar-refractivity contribution in [3.05, 3.63) is 29.8 Å². The van der Waals surface area contributed by atoms with Gasteiger partial charge in [0.15, 0.2) is 6.19 Å². The Hall–Kier alpha value is -2.53. The van der Waals surface area contributed by atoms with Crippen LogP contribution >= 0.6 is 11.8 Å². The van der Waals surface area contributed by atoms with Crippen LogP contribution in [-0.2, 0) is 9.59 Å². The largest absolute Gasteiger partial charge is 0.339 e. The second-order valence-corrected chi connectivity index (χ2v) is 5.83. The van der Waals surface area contributed by atoms with Gasteiger partial charge in [-0.25, -0.2) is 4.90 Å². The monoisotopic (exact) mass is 348 g/mol. The van der Waals surface area contributed by atoms with Crippen molar-refractivity contribution >= 4 is 35.2 Å². The second kappa shape index (κ2) is 9.57. The average molecular weight is 348 g/mol. The Morgan fingerprint density at radius 2 is 1.92 bits per heavy atom. The third-order valence-electron chi connectivity index (χ3n) is 3.11. The fourth-order valence-corrected chi connectivity index (χ4v) is 2.51. The van der Waals surface area contributed by atoms with Crippen LogP contribution < -0.4 is 10.6 Å². The van der Waals surface area contributed by atoms with Crippen LogP contribution in [0.1, 0.15) is 24.2 Å². The van der Waals surface area contributed by atoms with E-state index in [0.29, 0.717) is 17.0 Å². The van der Waals surface area contributed by atoms with Crippen LogP contribution in [0.4, 0.5) is 5.69 Å². The Morgan fingerprint density at radius 3 is 2.38 bits per heavy atom. The van der Waals surface area contributed by atoms with Gasteiger partial charge in [0.2, 0.25) is 5.91 Å². The minimum absolute atomic E-state index is 0.200. The van der Waals surface area contributed by atoms with Gasteiger partial charge in [-0.3, -0.25) is 14.4 Å². The molecule has 1 atom stereocenters. The number of anilines is 1. The summed E-state index contributed by atoms with van der Waals surface area (Å²) in [6.07, 6.45) is 3.63. The van der Waals surface area contributed by atoms with Gasteiger partial charge in [0.25, 0.3) is 11.8 Å². The molecule has 0 radical (unpaired) electrons. The summed E-state index contributed by atoms with van der Waals surface area (Å²) in [7, 11) is 0. The Bertz CT molecular complexity index is 640. The summed E-state index contributed by atoms with van der Waals surface area (Å²) in [5.41, 5.74) is 0.945. The molecule has 0 aliphatic carbocycles. The molecular formula is C16H20N4O3S. The van der Waals surface area contributed by atoms with E-state index in [1.807, 2.05) is 12.4 Å². The maximum Gasteiger partial charge on any atom is 0.259 e. The van der Waals surface area contributed by atoms with E-state index in [1.165, 1.54) is 18.7 Å². The SMILES string of the molecule is CCN(C#N)C(=O)C(CSC)NC(=O)c1ccc(NC(C)=O)cc1. The highest BCUT2D eigenvalue weighted by Gasteiger charge is 2.25. The van der Waals surface area contributed by atoms with Crippen LogP contribution in [0.25, 0.3) is 0 Å². The van der Waals surface area contributed by atoms with Crippen molar-refractivity contribution < 1.29 is 14.4 Å². The van der Waals surface area contributed by atoms with E-state index < -0.39 is 17.9 Å². The second-order valence-electron chi connectivity index (χ2n) is 4.92. The Labute approximate surface area is 145 Å². The Balaban J connectivity index is 2.83. The zero-order valence-electron chi connectivity index (χ0n) is 13.8. The lowest BCUT2D eigenvalue weighted by molar-refractivity contribution is -0.129. The molecule has 0 aliphatic rings. The summed E-state index contributed by atoms with van der Waals surface area (Å²) < 4.78 is 0. The summed E-state index contributed by atoms with van der Waals surface area (Å²) in [6, 6.07) is 5.55. The van der Waals surface area contributed by atoms with E-state index in [4.69, 9.17) is 5.26 Å². The van der Waals surface area contributed by atoms with Crippen molar-refractivity contribution in [3.8, 4) is 6.19 Å². The van der Waals surface area contributed by atoms with Crippen molar-refractivity contribution in [1.82, 2.24) is 10.2 Å². The van der Waals surface area contributed by atoms with Gasteiger partial charge in [-0.05, 0) is 37.4 Å². The normalized spacial score (nSPS) is 11.1. The molecule has 128 valence electrons. The van der Waals surface area contributed by atoms with Gasteiger partial charge in [0.05, 0.1) is 0 Å². The van der Waals surface area contributed by atoms with E-state index in [1.54, 1.807) is 31.2 Å². The molecule has 0 heterocycles. The van der Waals surface area contributed by atoms with Gasteiger partial charge >= 0.3 is 0 Å². The predicted molar refractivity (Wildman–Crippen MR) is 93.4 cm³/mol. The van der Waals surface area contributed by atoms with Gasteiger partial charge in [-0.2, -0.15) is 17.0 Å². The maximum absolute atomic E-state index is 12.3. The Morgan fingerprint density at radius 1 is 1.29 bits per heavy atom. The lowest BCUT2D eigenvalue weighted by Crippen LogP contribution is -2.48. The van der Waals surface area contributed by atoms with Gasteiger partial charge in [-0.1, -0.05) is 0 Å². The first-order valence-electron chi connectivity index (χ1n) is 7.31. The van der Waals surface area contributed by atoms with E-state index in [9.17, 15) is 14.4 Å². The van der Waals surface area contributed by atoms with Crippen LogP contribution in [0, 0.1) is 11.5 Å². The van der Waals surface area contributed by atoms with Crippen molar-refractivity contribution in [2.75, 3.05) is 23.9 Å². The first-order valence-corrected chi connectivity index (χ1v) is 8.70. The topological polar surface area (TPSA) is 102 Å². The highest BCUT2D eigenvalue weighted by atomic mass is 32.2. The van der Waals surface area contributed by atoms with Crippen molar-refractivity contribution in [3.63, 3.8) is 0 Å². The molecule has 1 aromatic rings. The minimum atomic E-state index is -0.776. The number of thioether (sulfide) groups is 1. The molecule has 0 aromatic heterocycles. The number of amides is 3. The quantitative estimate of drug-likeness (QED) is 0.573. The molecule has 0 aliphatic heterocycles. The van der Waals surface area contributed by atoms with E-state index >= 15 is 0 Å². The number of benzene rings is 1. The lowest BCUT2D eigenvalue weighted by atomic mass is 10.1. The number of nitrogens with zero attached hydrogens (tertiary/aromatic N) is 2. The fourth-order valence-electron chi connectivity index (χ4n) is 1.96. The molecular weight excluding hydrogens is 328 g/mol. The van der Waals surface area contributed by atoms with Gasteiger partial charge in [0.1, 0.15) is 6.04 Å². The van der Waals surface area contributed by atoms with E-state index in [0.717, 1.165) is 4.90 Å². The number of nitrogens with one attached hydrogen (secondary N) is 2. The first-order chi connectivity index (χ1) is 11.4. The number of hydrogen-bond acceptors (Lipinski definition) is 5. The molecule has 0 saturated heterocycles. The molecule has 2 N–H and O–H groups in total. The average Bonchev–Trinajstić information content (AvgIpc) is 2.55. The molecule has 1 unspecified atom stereocenters. The summed E-state index contributed by atoms with van der Waals surface area (Å²) in [5.74, 6) is -0.676. The molecule has 0 saturated carbocycles. The van der Waals surface area contributed by atoms with Crippen LogP contribution in [0.3, 0.4) is 0 Å². The molecule has 8 heteroatoms. The fraction of sp³-hybridized carbons (Fsp3) is 0.375. The predicted octanol–water partition coefficient (Wildman–Crippen LogP) is 1.44. The summed E-state index contributed by atoms with van der Waals surface area (Å²) in [6.45, 7) is 3.34. The molecule has 3 amide bonds. The van der Waals surface area contributed by atoms with Crippen LogP contribution in [-0.4, -0.2) is 47.2 Å². The Kier molecular flexibility index (Phi) is 7.79. The molecule has 0 bridgehead atoms. The van der Waals surface area contributed by atoms with Crippen LogP contribution in [0.5, 0.6) is 0 Å². The van der Waals surface area contributed by atoms with Gasteiger partial charge < -0.3 is 10.6 Å². The third-order valence-corrected chi connectivity index (χ3v) is 3.77. The summed E-state index contributed by atoms with van der Waals surface area (Å²) in [5, 5.41) is 14.2. The van der Waals surface area contributed by atoms with E-state index in [-0.39, 0.29) is 12.5 Å². The van der Waals surface area contributed by atoms with Crippen molar-refractivity contribution in [2.45, 2.75) is 19.9 Å². The van der Waals surface area contributed by atoms with Crippen molar-refractivity contribution in [2.24, 2.45) is 0 Å². The van der Waals surface area contributed by atoms with Gasteiger partial charge in [0, 0.05) is 30.5 Å². The number of nitriles is 1. The van der Waals surface area contributed by atoms with Crippen LogP contribution in [0.2, 0.25) is 0 Å². The lowest BCUT2D eigenvalue weighted by Gasteiger charge is -2.21. The zero-order valence-corrected chi connectivity index (χ0v) is 14.6. The van der Waals surface area contributed by atoms with Crippen molar-refractivity contribution in [1.29, 1.82) is 5.26 Å². The number of hydrogen-bond donors (Lipinski definition) is 2. The molecule has 24 heavy (non-hydrogen) atoms. The standard InChI is InChI=1S/C16H20N4O3S/c1-4-20(10-17)16(23)14(9-24-3)19-15(22)12-5-7-13(8-6-12)18-11(2)21/h5-8,14H,4,9H2,1-3H3,(H,18,21)(H,19,22). The maximum atomic E-state index is 12.3. The number of carbonyl (C=O) groups excluding carboxylic acids is 3. The smallest absolute Gasteiger partial charge is 0.259 e. The van der Waals surface area contributed by atoms with E-state index in [2.05, 4.69) is 10.6 Å². The molecule has 1 rings (SSSR count). The molecule has 1 aromatic carbocycles.